The third-order valence-electron chi connectivity index (χ3n) is 4.59. The zero-order valence-corrected chi connectivity index (χ0v) is 15.9. The maximum atomic E-state index is 2.72. The van der Waals surface area contributed by atoms with E-state index in [9.17, 15) is 0 Å². The van der Waals surface area contributed by atoms with Gasteiger partial charge in [0.15, 0.2) is 0 Å². The van der Waals surface area contributed by atoms with Crippen molar-refractivity contribution in [2.45, 2.75) is 59.2 Å². The molecule has 1 aromatic carbocycles. The molecule has 0 unspecified atom stereocenters. The number of hydrogen-bond acceptors (Lipinski definition) is 2. The van der Waals surface area contributed by atoms with E-state index < -0.39 is 8.24 Å². The Bertz CT molecular complexity index is 462. The van der Waals surface area contributed by atoms with Crippen LogP contribution in [0.2, 0.25) is 19.6 Å². The minimum absolute atomic E-state index is 0.583. The first-order valence-corrected chi connectivity index (χ1v) is 11.8. The van der Waals surface area contributed by atoms with Crippen molar-refractivity contribution in [1.29, 1.82) is 0 Å². The molecule has 0 bridgehead atoms. The summed E-state index contributed by atoms with van der Waals surface area (Å²) in [5.74, 6) is 1.17. The summed E-state index contributed by atoms with van der Waals surface area (Å²) in [5, 5.41) is 0. The van der Waals surface area contributed by atoms with Crippen LogP contribution in [-0.2, 0) is 0 Å². The highest BCUT2D eigenvalue weighted by molar-refractivity contribution is 6.73. The van der Waals surface area contributed by atoms with Gasteiger partial charge < -0.3 is 9.47 Å². The van der Waals surface area contributed by atoms with Gasteiger partial charge in [0.05, 0.1) is 6.67 Å². The SMILES string of the molecule is CC(C)c1cccc(C(C)C)c1N1CCN([Si](C)(C)C)C1. The lowest BCUT2D eigenvalue weighted by atomic mass is 9.92. The maximum Gasteiger partial charge on any atom is 0.121 e. The van der Waals surface area contributed by atoms with Crippen LogP contribution < -0.4 is 4.90 Å². The van der Waals surface area contributed by atoms with Gasteiger partial charge in [0.2, 0.25) is 0 Å². The topological polar surface area (TPSA) is 6.48 Å². The predicted molar refractivity (Wildman–Crippen MR) is 96.9 cm³/mol. The fraction of sp³-hybridized carbons (Fsp3) is 0.667. The molecule has 1 aliphatic rings. The van der Waals surface area contributed by atoms with Crippen LogP contribution in [0, 0.1) is 0 Å². The normalized spacial score (nSPS) is 17.3. The Morgan fingerprint density at radius 2 is 1.43 bits per heavy atom. The van der Waals surface area contributed by atoms with Crippen LogP contribution >= 0.6 is 0 Å². The van der Waals surface area contributed by atoms with Gasteiger partial charge >= 0.3 is 0 Å². The van der Waals surface area contributed by atoms with Crippen LogP contribution in [0.3, 0.4) is 0 Å². The fourth-order valence-electron chi connectivity index (χ4n) is 3.20. The van der Waals surface area contributed by atoms with Crippen LogP contribution in [0.5, 0.6) is 0 Å². The molecule has 1 aliphatic heterocycles. The summed E-state index contributed by atoms with van der Waals surface area (Å²) in [7, 11) is -1.20. The van der Waals surface area contributed by atoms with E-state index in [1.54, 1.807) is 0 Å². The molecule has 0 spiro atoms. The third-order valence-corrected chi connectivity index (χ3v) is 6.85. The molecule has 0 saturated carbocycles. The summed E-state index contributed by atoms with van der Waals surface area (Å²) in [6.07, 6.45) is 0. The summed E-state index contributed by atoms with van der Waals surface area (Å²) in [6, 6.07) is 6.88. The fourth-order valence-corrected chi connectivity index (χ4v) is 4.56. The lowest BCUT2D eigenvalue weighted by Gasteiger charge is -2.32. The molecule has 0 N–H and O–H groups in total. The third kappa shape index (κ3) is 3.51. The molecule has 1 saturated heterocycles. The highest BCUT2D eigenvalue weighted by Crippen LogP contribution is 2.36. The molecule has 2 rings (SSSR count). The lowest BCUT2D eigenvalue weighted by molar-refractivity contribution is 0.527. The van der Waals surface area contributed by atoms with E-state index in [0.717, 1.165) is 6.67 Å². The quantitative estimate of drug-likeness (QED) is 0.734. The summed E-state index contributed by atoms with van der Waals surface area (Å²) in [4.78, 5) is 2.63. The molecule has 1 aromatic rings. The van der Waals surface area contributed by atoms with E-state index in [1.807, 2.05) is 0 Å². The highest BCUT2D eigenvalue weighted by atomic mass is 28.3. The smallest absolute Gasteiger partial charge is 0.121 e. The van der Waals surface area contributed by atoms with E-state index in [-0.39, 0.29) is 0 Å². The van der Waals surface area contributed by atoms with Crippen LogP contribution in [0.4, 0.5) is 5.69 Å². The van der Waals surface area contributed by atoms with Crippen molar-refractivity contribution < 1.29 is 0 Å². The zero-order valence-electron chi connectivity index (χ0n) is 14.9. The Morgan fingerprint density at radius 1 is 0.905 bits per heavy atom. The minimum atomic E-state index is -1.20. The van der Waals surface area contributed by atoms with Crippen LogP contribution in [0.25, 0.3) is 0 Å². The van der Waals surface area contributed by atoms with Crippen molar-refractivity contribution in [1.82, 2.24) is 4.57 Å². The summed E-state index contributed by atoms with van der Waals surface area (Å²) >= 11 is 0. The second-order valence-electron chi connectivity index (χ2n) is 7.93. The van der Waals surface area contributed by atoms with Crippen LogP contribution in [0.15, 0.2) is 18.2 Å². The highest BCUT2D eigenvalue weighted by Gasteiger charge is 2.32. The number of para-hydroxylation sites is 1. The molecule has 3 heteroatoms. The van der Waals surface area contributed by atoms with Crippen molar-refractivity contribution >= 4 is 13.9 Å². The van der Waals surface area contributed by atoms with Gasteiger partial charge in [-0.15, -0.1) is 0 Å². The molecular formula is C18H32N2Si. The average molecular weight is 305 g/mol. The Morgan fingerprint density at radius 3 is 1.81 bits per heavy atom. The molecular weight excluding hydrogens is 272 g/mol. The lowest BCUT2D eigenvalue weighted by Crippen LogP contribution is -2.45. The molecule has 0 radical (unpaired) electrons. The Balaban J connectivity index is 2.39. The van der Waals surface area contributed by atoms with Gasteiger partial charge in [0.25, 0.3) is 0 Å². The van der Waals surface area contributed by atoms with E-state index in [1.165, 1.54) is 29.9 Å². The average Bonchev–Trinajstić information content (AvgIpc) is 2.86. The second-order valence-corrected chi connectivity index (χ2v) is 12.9. The zero-order chi connectivity index (χ0) is 15.8. The molecule has 0 aliphatic carbocycles. The molecule has 0 amide bonds. The van der Waals surface area contributed by atoms with Crippen LogP contribution in [0.1, 0.15) is 50.7 Å². The minimum Gasteiger partial charge on any atom is -0.357 e. The first kappa shape index (κ1) is 16.6. The summed E-state index contributed by atoms with van der Waals surface area (Å²) in [6.45, 7) is 20.1. The van der Waals surface area contributed by atoms with Gasteiger partial charge in [-0.1, -0.05) is 65.5 Å². The van der Waals surface area contributed by atoms with Crippen LogP contribution in [-0.4, -0.2) is 32.6 Å². The molecule has 1 fully saturated rings. The van der Waals surface area contributed by atoms with Crippen molar-refractivity contribution in [3.8, 4) is 0 Å². The molecule has 2 nitrogen and oxygen atoms in total. The molecule has 118 valence electrons. The molecule has 1 heterocycles. The van der Waals surface area contributed by atoms with Gasteiger partial charge in [-0.25, -0.2) is 0 Å². The first-order valence-electron chi connectivity index (χ1n) is 8.34. The molecule has 21 heavy (non-hydrogen) atoms. The van der Waals surface area contributed by atoms with Crippen molar-refractivity contribution in [3.05, 3.63) is 29.3 Å². The first-order chi connectivity index (χ1) is 9.71. The van der Waals surface area contributed by atoms with E-state index in [4.69, 9.17) is 0 Å². The Kier molecular flexibility index (Phi) is 4.84. The molecule has 0 aromatic heterocycles. The number of benzene rings is 1. The number of anilines is 1. The van der Waals surface area contributed by atoms with Crippen molar-refractivity contribution in [3.63, 3.8) is 0 Å². The van der Waals surface area contributed by atoms with Gasteiger partial charge in [-0.05, 0) is 23.0 Å². The molecule has 0 atom stereocenters. The maximum absolute atomic E-state index is 2.72. The van der Waals surface area contributed by atoms with Gasteiger partial charge in [-0.2, -0.15) is 0 Å². The second kappa shape index (κ2) is 6.13. The monoisotopic (exact) mass is 304 g/mol. The van der Waals surface area contributed by atoms with E-state index in [0.29, 0.717) is 11.8 Å². The van der Waals surface area contributed by atoms with Crippen molar-refractivity contribution in [2.24, 2.45) is 0 Å². The Hall–Kier alpha value is -0.803. The van der Waals surface area contributed by atoms with Gasteiger partial charge in [-0.3, -0.25) is 0 Å². The van der Waals surface area contributed by atoms with Gasteiger partial charge in [0, 0.05) is 18.8 Å². The van der Waals surface area contributed by atoms with E-state index in [2.05, 4.69) is 75.0 Å². The van der Waals surface area contributed by atoms with Gasteiger partial charge in [0.1, 0.15) is 8.24 Å². The summed E-state index contributed by atoms with van der Waals surface area (Å²) in [5.41, 5.74) is 4.54. The van der Waals surface area contributed by atoms with E-state index >= 15 is 0 Å². The number of rotatable bonds is 4. The largest absolute Gasteiger partial charge is 0.357 e. The summed E-state index contributed by atoms with van der Waals surface area (Å²) < 4.78 is 2.72. The predicted octanol–water partition coefficient (Wildman–Crippen LogP) is 4.85. The number of hydrogen-bond donors (Lipinski definition) is 0. The van der Waals surface area contributed by atoms with Crippen molar-refractivity contribution in [2.75, 3.05) is 24.7 Å². The number of nitrogens with zero attached hydrogens (tertiary/aromatic N) is 2. The standard InChI is InChI=1S/C18H32N2Si/c1-14(2)16-9-8-10-17(15(3)4)18(16)19-11-12-20(13-19)21(5,6)7/h8-10,14-15H,11-13H2,1-7H3. The Labute approximate surface area is 132 Å².